The average Bonchev–Trinajstić information content (AvgIpc) is 2.57. The lowest BCUT2D eigenvalue weighted by molar-refractivity contribution is 0.181. The smallest absolute Gasteiger partial charge is 0.322 e. The van der Waals surface area contributed by atoms with Crippen molar-refractivity contribution < 1.29 is 14.3 Å². The second-order valence-electron chi connectivity index (χ2n) is 6.01. The molecule has 0 radical (unpaired) electrons. The number of anilines is 1. The molecule has 0 saturated heterocycles. The van der Waals surface area contributed by atoms with Crippen molar-refractivity contribution in [2.45, 2.75) is 39.8 Å². The van der Waals surface area contributed by atoms with Gasteiger partial charge in [0.1, 0.15) is 11.5 Å². The Bertz CT molecular complexity index is 684. The third-order valence-electron chi connectivity index (χ3n) is 3.60. The van der Waals surface area contributed by atoms with Gasteiger partial charge in [0.25, 0.3) is 0 Å². The number of carbonyl (C=O) groups excluding carboxylic acids is 1. The maximum atomic E-state index is 12.1. The maximum Gasteiger partial charge on any atom is 0.322 e. The molecule has 0 aliphatic rings. The Morgan fingerprint density at radius 1 is 1.04 bits per heavy atom. The predicted molar refractivity (Wildman–Crippen MR) is 100 cm³/mol. The minimum Gasteiger partial charge on any atom is -0.494 e. The van der Waals surface area contributed by atoms with Crippen molar-refractivity contribution in [1.29, 1.82) is 0 Å². The van der Waals surface area contributed by atoms with Crippen molar-refractivity contribution in [2.75, 3.05) is 11.9 Å². The number of amides is 2. The Kier molecular flexibility index (Phi) is 6.69. The molecule has 0 fully saturated rings. The first-order chi connectivity index (χ1) is 12.0. The van der Waals surface area contributed by atoms with Gasteiger partial charge in [0.15, 0.2) is 6.23 Å². The minimum absolute atomic E-state index is 0.321. The van der Waals surface area contributed by atoms with Crippen molar-refractivity contribution >= 4 is 11.7 Å². The van der Waals surface area contributed by atoms with Crippen LogP contribution in [0.1, 0.15) is 39.2 Å². The van der Waals surface area contributed by atoms with E-state index in [2.05, 4.69) is 24.5 Å². The van der Waals surface area contributed by atoms with E-state index < -0.39 is 6.23 Å². The van der Waals surface area contributed by atoms with Crippen LogP contribution >= 0.6 is 0 Å². The van der Waals surface area contributed by atoms with Gasteiger partial charge in [-0.05, 0) is 55.7 Å². The van der Waals surface area contributed by atoms with E-state index in [1.807, 2.05) is 43.3 Å². The van der Waals surface area contributed by atoms with E-state index >= 15 is 0 Å². The molecule has 5 heteroatoms. The van der Waals surface area contributed by atoms with E-state index in [0.29, 0.717) is 18.2 Å². The molecule has 134 valence electrons. The molecule has 0 aliphatic carbocycles. The number of para-hydroxylation sites is 1. The first kappa shape index (κ1) is 18.6. The van der Waals surface area contributed by atoms with E-state index in [-0.39, 0.29) is 6.03 Å². The summed E-state index contributed by atoms with van der Waals surface area (Å²) in [5.74, 6) is 1.91. The molecule has 25 heavy (non-hydrogen) atoms. The van der Waals surface area contributed by atoms with Crippen LogP contribution in [0.3, 0.4) is 0 Å². The third kappa shape index (κ3) is 5.71. The van der Waals surface area contributed by atoms with Crippen LogP contribution in [-0.4, -0.2) is 18.9 Å². The van der Waals surface area contributed by atoms with Gasteiger partial charge in [-0.15, -0.1) is 0 Å². The second-order valence-corrected chi connectivity index (χ2v) is 6.01. The first-order valence-electron chi connectivity index (χ1n) is 8.55. The molecule has 0 aliphatic heterocycles. The second kappa shape index (κ2) is 8.97. The third-order valence-corrected chi connectivity index (χ3v) is 3.60. The zero-order chi connectivity index (χ0) is 18.2. The van der Waals surface area contributed by atoms with Crippen LogP contribution in [0.2, 0.25) is 0 Å². The summed E-state index contributed by atoms with van der Waals surface area (Å²) >= 11 is 0. The number of hydrogen-bond donors (Lipinski definition) is 2. The fraction of sp³-hybridized carbons (Fsp3) is 0.350. The van der Waals surface area contributed by atoms with E-state index in [4.69, 9.17) is 9.47 Å². The Labute approximate surface area is 149 Å². The molecule has 2 rings (SSSR count). The number of hydrogen-bond acceptors (Lipinski definition) is 3. The molecule has 0 saturated carbocycles. The molecule has 5 nitrogen and oxygen atoms in total. The fourth-order valence-electron chi connectivity index (χ4n) is 2.44. The van der Waals surface area contributed by atoms with Crippen LogP contribution in [0.4, 0.5) is 10.5 Å². The van der Waals surface area contributed by atoms with Crippen LogP contribution in [0, 0.1) is 0 Å². The van der Waals surface area contributed by atoms with Crippen LogP contribution in [0.5, 0.6) is 11.5 Å². The lowest BCUT2D eigenvalue weighted by atomic mass is 10.0. The molecule has 2 aromatic carbocycles. The highest BCUT2D eigenvalue weighted by molar-refractivity contribution is 5.89. The van der Waals surface area contributed by atoms with Crippen molar-refractivity contribution in [3.8, 4) is 11.5 Å². The largest absolute Gasteiger partial charge is 0.494 e. The number of urea groups is 1. The van der Waals surface area contributed by atoms with Gasteiger partial charge in [0.2, 0.25) is 0 Å². The molecule has 1 atom stereocenters. The van der Waals surface area contributed by atoms with Crippen LogP contribution in [-0.2, 0) is 0 Å². The molecule has 2 amide bonds. The highest BCUT2D eigenvalue weighted by Crippen LogP contribution is 2.26. The molecule has 0 spiro atoms. The first-order valence-corrected chi connectivity index (χ1v) is 8.55. The van der Waals surface area contributed by atoms with Crippen molar-refractivity contribution in [2.24, 2.45) is 0 Å². The topological polar surface area (TPSA) is 59.6 Å². The zero-order valence-corrected chi connectivity index (χ0v) is 15.2. The Hall–Kier alpha value is -2.69. The molecule has 2 aromatic rings. The zero-order valence-electron chi connectivity index (χ0n) is 15.2. The van der Waals surface area contributed by atoms with Gasteiger partial charge in [-0.3, -0.25) is 0 Å². The van der Waals surface area contributed by atoms with Crippen molar-refractivity contribution in [1.82, 2.24) is 5.32 Å². The Morgan fingerprint density at radius 2 is 1.72 bits per heavy atom. The number of nitrogens with one attached hydrogen (secondary N) is 2. The van der Waals surface area contributed by atoms with Crippen LogP contribution in [0.15, 0.2) is 48.5 Å². The van der Waals surface area contributed by atoms with Gasteiger partial charge < -0.3 is 20.1 Å². The van der Waals surface area contributed by atoms with Crippen LogP contribution in [0.25, 0.3) is 0 Å². The highest BCUT2D eigenvalue weighted by atomic mass is 16.5. The fourth-order valence-corrected chi connectivity index (χ4v) is 2.44. The summed E-state index contributed by atoms with van der Waals surface area (Å²) in [4.78, 5) is 12.1. The van der Waals surface area contributed by atoms with Gasteiger partial charge in [-0.2, -0.15) is 0 Å². The lowest BCUT2D eigenvalue weighted by Crippen LogP contribution is -2.39. The molecule has 1 unspecified atom stereocenters. The highest BCUT2D eigenvalue weighted by Gasteiger charge is 2.12. The summed E-state index contributed by atoms with van der Waals surface area (Å²) in [5, 5.41) is 5.56. The van der Waals surface area contributed by atoms with Gasteiger partial charge in [-0.1, -0.05) is 32.0 Å². The number of carbonyl (C=O) groups is 1. The molecular formula is C20H26N2O3. The number of benzene rings is 2. The van der Waals surface area contributed by atoms with Gasteiger partial charge in [0, 0.05) is 5.69 Å². The Balaban J connectivity index is 1.90. The minimum atomic E-state index is -0.456. The van der Waals surface area contributed by atoms with Crippen molar-refractivity contribution in [3.05, 3.63) is 54.1 Å². The van der Waals surface area contributed by atoms with Gasteiger partial charge in [0.05, 0.1) is 6.61 Å². The molecule has 0 heterocycles. The number of rotatable bonds is 7. The van der Waals surface area contributed by atoms with E-state index in [1.54, 1.807) is 19.1 Å². The summed E-state index contributed by atoms with van der Waals surface area (Å²) in [6, 6.07) is 14.8. The quantitative estimate of drug-likeness (QED) is 0.714. The molecule has 0 aromatic heterocycles. The van der Waals surface area contributed by atoms with E-state index in [0.717, 1.165) is 17.1 Å². The van der Waals surface area contributed by atoms with Gasteiger partial charge >= 0.3 is 6.03 Å². The van der Waals surface area contributed by atoms with Crippen molar-refractivity contribution in [3.63, 3.8) is 0 Å². The normalized spacial score (nSPS) is 11.7. The monoisotopic (exact) mass is 342 g/mol. The summed E-state index contributed by atoms with van der Waals surface area (Å²) < 4.78 is 11.3. The molecular weight excluding hydrogens is 316 g/mol. The number of ether oxygens (including phenoxy) is 2. The lowest BCUT2D eigenvalue weighted by Gasteiger charge is -2.20. The maximum absolute atomic E-state index is 12.1. The van der Waals surface area contributed by atoms with Crippen LogP contribution < -0.4 is 20.1 Å². The average molecular weight is 342 g/mol. The van der Waals surface area contributed by atoms with E-state index in [9.17, 15) is 4.79 Å². The summed E-state index contributed by atoms with van der Waals surface area (Å²) in [5.41, 5.74) is 1.80. The summed E-state index contributed by atoms with van der Waals surface area (Å²) in [6.07, 6.45) is -0.456. The van der Waals surface area contributed by atoms with Gasteiger partial charge in [-0.25, -0.2) is 4.79 Å². The summed E-state index contributed by atoms with van der Waals surface area (Å²) in [7, 11) is 0. The molecule has 0 bridgehead atoms. The standard InChI is InChI=1S/C20H26N2O3/c1-5-24-17-12-10-16(11-13-17)22-20(23)21-15(4)25-19-9-7-6-8-18(19)14(2)3/h6-15H,5H2,1-4H3,(H2,21,22,23). The molecule has 2 N–H and O–H groups in total. The predicted octanol–water partition coefficient (Wildman–Crippen LogP) is 4.76. The Morgan fingerprint density at radius 3 is 2.36 bits per heavy atom. The van der Waals surface area contributed by atoms with E-state index in [1.165, 1.54) is 0 Å². The summed E-state index contributed by atoms with van der Waals surface area (Å²) in [6.45, 7) is 8.56. The SMILES string of the molecule is CCOc1ccc(NC(=O)NC(C)Oc2ccccc2C(C)C)cc1.